The van der Waals surface area contributed by atoms with Gasteiger partial charge in [0.2, 0.25) is 16.8 Å². The van der Waals surface area contributed by atoms with Gasteiger partial charge in [-0.3, -0.25) is 4.99 Å². The van der Waals surface area contributed by atoms with Crippen LogP contribution in [0.2, 0.25) is 0 Å². The van der Waals surface area contributed by atoms with Gasteiger partial charge in [0.05, 0.1) is 12.3 Å². The largest absolute Gasteiger partial charge is 0.454 e. The van der Waals surface area contributed by atoms with Crippen LogP contribution in [0, 0.1) is 0 Å². The highest BCUT2D eigenvalue weighted by Crippen LogP contribution is 2.32. The van der Waals surface area contributed by atoms with Crippen molar-refractivity contribution < 1.29 is 17.9 Å². The number of aliphatic imine (C=N–C) groups is 1. The molecule has 1 aromatic carbocycles. The minimum absolute atomic E-state index is 0.0381. The number of sulfonamides is 1. The average molecular weight is 429 g/mol. The summed E-state index contributed by atoms with van der Waals surface area (Å²) in [5.41, 5.74) is 1.14. The van der Waals surface area contributed by atoms with E-state index in [4.69, 9.17) is 9.47 Å². The Morgan fingerprint density at radius 2 is 2.00 bits per heavy atom. The number of thioether (sulfide) groups is 1. The van der Waals surface area contributed by atoms with E-state index in [-0.39, 0.29) is 19.1 Å². The fraction of sp³-hybridized carbons (Fsp3) is 0.611. The zero-order valence-electron chi connectivity index (χ0n) is 16.1. The Balaban J connectivity index is 1.47. The summed E-state index contributed by atoms with van der Waals surface area (Å²) >= 11 is 1.80. The third kappa shape index (κ3) is 5.92. The van der Waals surface area contributed by atoms with Gasteiger partial charge < -0.3 is 20.1 Å². The van der Waals surface area contributed by atoms with Gasteiger partial charge in [0, 0.05) is 37.7 Å². The molecule has 28 heavy (non-hydrogen) atoms. The maximum atomic E-state index is 12.4. The van der Waals surface area contributed by atoms with Crippen molar-refractivity contribution in [1.82, 2.24) is 14.9 Å². The molecule has 0 amide bonds. The molecule has 2 aliphatic rings. The fourth-order valence-electron chi connectivity index (χ4n) is 2.99. The monoisotopic (exact) mass is 428 g/mol. The number of rotatable bonds is 8. The summed E-state index contributed by atoms with van der Waals surface area (Å²) in [6.45, 7) is 5.10. The summed E-state index contributed by atoms with van der Waals surface area (Å²) in [4.78, 5) is 4.42. The van der Waals surface area contributed by atoms with Crippen LogP contribution in [0.15, 0.2) is 23.2 Å². The molecule has 1 fully saturated rings. The molecule has 0 aliphatic carbocycles. The van der Waals surface area contributed by atoms with Crippen molar-refractivity contribution in [2.75, 3.05) is 56.8 Å². The number of nitrogens with one attached hydrogen (secondary N) is 2. The molecule has 2 aliphatic heterocycles. The molecule has 0 bridgehead atoms. The standard InChI is InChI=1S/C18H28N4O4S2/c1-2-19-18(21-7-12-28(23,24)22-8-10-27-11-9-22)20-6-5-15-3-4-16-17(13-15)26-14-25-16/h3-4,13H,2,5-12,14H2,1H3,(H2,19,20,21). The first-order valence-corrected chi connectivity index (χ1v) is 12.3. The van der Waals surface area contributed by atoms with E-state index >= 15 is 0 Å². The van der Waals surface area contributed by atoms with E-state index in [1.807, 2.05) is 25.1 Å². The van der Waals surface area contributed by atoms with Crippen molar-refractivity contribution in [3.63, 3.8) is 0 Å². The van der Waals surface area contributed by atoms with E-state index in [0.29, 0.717) is 32.1 Å². The summed E-state index contributed by atoms with van der Waals surface area (Å²) in [6.07, 6.45) is 0.796. The predicted octanol–water partition coefficient (Wildman–Crippen LogP) is 0.892. The van der Waals surface area contributed by atoms with Gasteiger partial charge in [0.25, 0.3) is 0 Å². The fourth-order valence-corrected chi connectivity index (χ4v) is 5.44. The molecule has 2 N–H and O–H groups in total. The molecule has 0 spiro atoms. The van der Waals surface area contributed by atoms with Gasteiger partial charge in [-0.05, 0) is 31.0 Å². The third-order valence-corrected chi connectivity index (χ3v) is 7.26. The van der Waals surface area contributed by atoms with Crippen LogP contribution < -0.4 is 20.1 Å². The molecule has 156 valence electrons. The molecule has 10 heteroatoms. The summed E-state index contributed by atoms with van der Waals surface area (Å²) in [5.74, 6) is 3.96. The minimum atomic E-state index is -3.23. The number of fused-ring (bicyclic) bond motifs is 1. The Morgan fingerprint density at radius 3 is 2.79 bits per heavy atom. The van der Waals surface area contributed by atoms with Gasteiger partial charge >= 0.3 is 0 Å². The summed E-state index contributed by atoms with van der Waals surface area (Å²) in [6, 6.07) is 5.92. The Hall–Kier alpha value is -1.65. The smallest absolute Gasteiger partial charge is 0.231 e. The molecule has 0 aromatic heterocycles. The Morgan fingerprint density at radius 1 is 1.21 bits per heavy atom. The van der Waals surface area contributed by atoms with Crippen LogP contribution in [-0.4, -0.2) is 75.5 Å². The van der Waals surface area contributed by atoms with Crippen LogP contribution in [0.25, 0.3) is 0 Å². The third-order valence-electron chi connectivity index (χ3n) is 4.47. The van der Waals surface area contributed by atoms with Crippen molar-refractivity contribution in [2.45, 2.75) is 13.3 Å². The molecule has 8 nitrogen and oxygen atoms in total. The lowest BCUT2D eigenvalue weighted by Gasteiger charge is -2.25. The van der Waals surface area contributed by atoms with Crippen LogP contribution in [0.5, 0.6) is 11.5 Å². The van der Waals surface area contributed by atoms with Crippen LogP contribution >= 0.6 is 11.8 Å². The minimum Gasteiger partial charge on any atom is -0.454 e. The second kappa shape index (κ2) is 10.2. The lowest BCUT2D eigenvalue weighted by Crippen LogP contribution is -2.41. The summed E-state index contributed by atoms with van der Waals surface area (Å²) in [5, 5.41) is 6.42. The number of benzene rings is 1. The van der Waals surface area contributed by atoms with Crippen molar-refractivity contribution in [2.24, 2.45) is 4.99 Å². The topological polar surface area (TPSA) is 92.3 Å². The zero-order chi connectivity index (χ0) is 19.8. The Labute approximate surface area is 171 Å². The van der Waals surface area contributed by atoms with Crippen LogP contribution in [-0.2, 0) is 16.4 Å². The summed E-state index contributed by atoms with van der Waals surface area (Å²) < 4.78 is 37.1. The number of hydrogen-bond donors (Lipinski definition) is 2. The Bertz CT molecular complexity index is 780. The van der Waals surface area contributed by atoms with Crippen molar-refractivity contribution >= 4 is 27.7 Å². The summed E-state index contributed by atoms with van der Waals surface area (Å²) in [7, 11) is -3.23. The van der Waals surface area contributed by atoms with Crippen LogP contribution in [0.3, 0.4) is 0 Å². The lowest BCUT2D eigenvalue weighted by atomic mass is 10.1. The number of ether oxygens (including phenoxy) is 2. The predicted molar refractivity (Wildman–Crippen MR) is 113 cm³/mol. The van der Waals surface area contributed by atoms with E-state index < -0.39 is 10.0 Å². The van der Waals surface area contributed by atoms with Gasteiger partial charge in [-0.1, -0.05) is 6.07 Å². The maximum Gasteiger partial charge on any atom is 0.231 e. The molecule has 1 saturated heterocycles. The molecule has 2 heterocycles. The lowest BCUT2D eigenvalue weighted by molar-refractivity contribution is 0.174. The number of nitrogens with zero attached hydrogens (tertiary/aromatic N) is 2. The molecular formula is C18H28N4O4S2. The van der Waals surface area contributed by atoms with Crippen molar-refractivity contribution in [3.05, 3.63) is 23.8 Å². The SMILES string of the molecule is CCNC(=NCCS(=O)(=O)N1CCSCC1)NCCc1ccc2c(c1)OCO2. The van der Waals surface area contributed by atoms with E-state index in [0.717, 1.165) is 35.0 Å². The number of guanidine groups is 1. The second-order valence-electron chi connectivity index (χ2n) is 6.45. The van der Waals surface area contributed by atoms with Crippen LogP contribution in [0.1, 0.15) is 12.5 Å². The quantitative estimate of drug-likeness (QED) is 0.469. The molecule has 1 aromatic rings. The molecule has 0 unspecified atom stereocenters. The molecule has 0 saturated carbocycles. The average Bonchev–Trinajstić information content (AvgIpc) is 3.16. The van der Waals surface area contributed by atoms with Gasteiger partial charge in [0.15, 0.2) is 17.5 Å². The van der Waals surface area contributed by atoms with Gasteiger partial charge in [-0.15, -0.1) is 0 Å². The first-order valence-electron chi connectivity index (χ1n) is 9.55. The first kappa shape index (κ1) is 21.1. The number of hydrogen-bond acceptors (Lipinski definition) is 6. The zero-order valence-corrected chi connectivity index (χ0v) is 17.8. The molecular weight excluding hydrogens is 400 g/mol. The Kier molecular flexibility index (Phi) is 7.69. The van der Waals surface area contributed by atoms with Crippen molar-refractivity contribution in [1.29, 1.82) is 0 Å². The highest BCUT2D eigenvalue weighted by atomic mass is 32.2. The van der Waals surface area contributed by atoms with Gasteiger partial charge in [-0.2, -0.15) is 11.8 Å². The molecule has 0 atom stereocenters. The maximum absolute atomic E-state index is 12.4. The van der Waals surface area contributed by atoms with E-state index in [1.165, 1.54) is 0 Å². The van der Waals surface area contributed by atoms with Crippen LogP contribution in [0.4, 0.5) is 0 Å². The van der Waals surface area contributed by atoms with Gasteiger partial charge in [0.1, 0.15) is 0 Å². The van der Waals surface area contributed by atoms with E-state index in [9.17, 15) is 8.42 Å². The van der Waals surface area contributed by atoms with Crippen molar-refractivity contribution in [3.8, 4) is 11.5 Å². The van der Waals surface area contributed by atoms with Gasteiger partial charge in [-0.25, -0.2) is 12.7 Å². The van der Waals surface area contributed by atoms with E-state index in [1.54, 1.807) is 16.1 Å². The highest BCUT2D eigenvalue weighted by Gasteiger charge is 2.23. The highest BCUT2D eigenvalue weighted by molar-refractivity contribution is 7.99. The molecule has 0 radical (unpaired) electrons. The van der Waals surface area contributed by atoms with E-state index in [2.05, 4.69) is 15.6 Å². The molecule has 3 rings (SSSR count). The first-order chi connectivity index (χ1) is 13.6. The second-order valence-corrected chi connectivity index (χ2v) is 9.77. The normalized spacial score (nSPS) is 17.5.